The zero-order valence-corrected chi connectivity index (χ0v) is 14.1. The van der Waals surface area contributed by atoms with Crippen molar-refractivity contribution in [2.45, 2.75) is 40.0 Å². The Morgan fingerprint density at radius 3 is 2.59 bits per heavy atom. The third-order valence-corrected chi connectivity index (χ3v) is 4.20. The highest BCUT2D eigenvalue weighted by Crippen LogP contribution is 2.20. The Morgan fingerprint density at radius 1 is 1.05 bits per heavy atom. The van der Waals surface area contributed by atoms with Crippen LogP contribution in [0, 0.1) is 0 Å². The molecule has 2 aromatic rings. The molecule has 0 aliphatic rings. The molecule has 0 atom stereocenters. The fraction of sp³-hybridized carbons (Fsp3) is 0.556. The minimum Gasteiger partial charge on any atom is -0.369 e. The zero-order valence-electron chi connectivity index (χ0n) is 14.1. The van der Waals surface area contributed by atoms with Crippen LogP contribution < -0.4 is 5.32 Å². The molecule has 0 bridgehead atoms. The summed E-state index contributed by atoms with van der Waals surface area (Å²) in [6.45, 7) is 11.0. The molecule has 120 valence electrons. The molecule has 1 N–H and O–H groups in total. The number of unbranched alkanes of at least 4 members (excludes halogenated alkanes) is 1. The van der Waals surface area contributed by atoms with Crippen molar-refractivity contribution in [3.63, 3.8) is 0 Å². The SMILES string of the molecule is CCc1ccc2ncnc(NCCCCN(CC)CC)c2c1. The molecule has 1 heterocycles. The lowest BCUT2D eigenvalue weighted by Crippen LogP contribution is -2.24. The van der Waals surface area contributed by atoms with Gasteiger partial charge in [0.15, 0.2) is 0 Å². The van der Waals surface area contributed by atoms with Gasteiger partial charge in [0.2, 0.25) is 0 Å². The van der Waals surface area contributed by atoms with Gasteiger partial charge in [0, 0.05) is 11.9 Å². The predicted molar refractivity (Wildman–Crippen MR) is 94.4 cm³/mol. The third-order valence-electron chi connectivity index (χ3n) is 4.20. The van der Waals surface area contributed by atoms with Gasteiger partial charge < -0.3 is 10.2 Å². The molecule has 1 aromatic carbocycles. The maximum atomic E-state index is 4.41. The van der Waals surface area contributed by atoms with Crippen molar-refractivity contribution in [3.8, 4) is 0 Å². The van der Waals surface area contributed by atoms with E-state index in [1.54, 1.807) is 6.33 Å². The maximum absolute atomic E-state index is 4.41. The topological polar surface area (TPSA) is 41.1 Å². The third kappa shape index (κ3) is 4.41. The molecule has 0 saturated carbocycles. The van der Waals surface area contributed by atoms with Crippen molar-refractivity contribution in [1.29, 1.82) is 0 Å². The monoisotopic (exact) mass is 300 g/mol. The quantitative estimate of drug-likeness (QED) is 0.717. The molecule has 4 heteroatoms. The van der Waals surface area contributed by atoms with Gasteiger partial charge in [-0.3, -0.25) is 0 Å². The zero-order chi connectivity index (χ0) is 15.8. The van der Waals surface area contributed by atoms with Crippen LogP contribution in [-0.2, 0) is 6.42 Å². The van der Waals surface area contributed by atoms with Crippen LogP contribution in [0.4, 0.5) is 5.82 Å². The Bertz CT molecular complexity index is 578. The fourth-order valence-corrected chi connectivity index (χ4v) is 2.67. The smallest absolute Gasteiger partial charge is 0.137 e. The number of anilines is 1. The molecule has 0 aliphatic heterocycles. The summed E-state index contributed by atoms with van der Waals surface area (Å²) < 4.78 is 0. The number of aryl methyl sites for hydroxylation is 1. The highest BCUT2D eigenvalue weighted by Gasteiger charge is 2.04. The minimum atomic E-state index is 0.961. The van der Waals surface area contributed by atoms with E-state index in [9.17, 15) is 0 Å². The second kappa shape index (κ2) is 8.69. The van der Waals surface area contributed by atoms with Crippen LogP contribution in [0.1, 0.15) is 39.2 Å². The van der Waals surface area contributed by atoms with Crippen LogP contribution in [0.5, 0.6) is 0 Å². The fourth-order valence-electron chi connectivity index (χ4n) is 2.67. The summed E-state index contributed by atoms with van der Waals surface area (Å²) in [5.74, 6) is 0.961. The molecule has 0 saturated heterocycles. The first kappa shape index (κ1) is 16.7. The molecular weight excluding hydrogens is 272 g/mol. The highest BCUT2D eigenvalue weighted by atomic mass is 15.1. The van der Waals surface area contributed by atoms with E-state index in [-0.39, 0.29) is 0 Å². The summed E-state index contributed by atoms with van der Waals surface area (Å²) in [7, 11) is 0. The van der Waals surface area contributed by atoms with E-state index in [1.165, 1.54) is 18.5 Å². The second-order valence-electron chi connectivity index (χ2n) is 5.59. The standard InChI is InChI=1S/C18H28N4/c1-4-15-9-10-17-16(13-15)18(21-14-20-17)19-11-7-8-12-22(5-2)6-3/h9-10,13-14H,4-8,11-12H2,1-3H3,(H,19,20,21). The first-order valence-electron chi connectivity index (χ1n) is 8.48. The van der Waals surface area contributed by atoms with E-state index in [0.717, 1.165) is 49.2 Å². The van der Waals surface area contributed by atoms with Crippen LogP contribution in [0.2, 0.25) is 0 Å². The summed E-state index contributed by atoms with van der Waals surface area (Å²) in [6.07, 6.45) is 5.06. The van der Waals surface area contributed by atoms with Crippen molar-refractivity contribution < 1.29 is 0 Å². The van der Waals surface area contributed by atoms with Crippen LogP contribution in [0.25, 0.3) is 10.9 Å². The summed E-state index contributed by atoms with van der Waals surface area (Å²) in [4.78, 5) is 11.2. The molecule has 0 amide bonds. The molecule has 0 unspecified atom stereocenters. The van der Waals surface area contributed by atoms with Gasteiger partial charge in [0.25, 0.3) is 0 Å². The van der Waals surface area contributed by atoms with E-state index in [0.29, 0.717) is 0 Å². The Hall–Kier alpha value is -1.68. The van der Waals surface area contributed by atoms with E-state index in [2.05, 4.69) is 59.2 Å². The van der Waals surface area contributed by atoms with Crippen molar-refractivity contribution in [1.82, 2.24) is 14.9 Å². The van der Waals surface area contributed by atoms with Crippen LogP contribution in [0.3, 0.4) is 0 Å². The van der Waals surface area contributed by atoms with Crippen LogP contribution in [0.15, 0.2) is 24.5 Å². The molecular formula is C18H28N4. The van der Waals surface area contributed by atoms with Gasteiger partial charge in [0.05, 0.1) is 5.52 Å². The Kier molecular flexibility index (Phi) is 6.59. The average molecular weight is 300 g/mol. The molecule has 0 aliphatic carbocycles. The number of hydrogen-bond acceptors (Lipinski definition) is 4. The van der Waals surface area contributed by atoms with Crippen LogP contribution >= 0.6 is 0 Å². The number of benzene rings is 1. The maximum Gasteiger partial charge on any atom is 0.137 e. The highest BCUT2D eigenvalue weighted by molar-refractivity contribution is 5.89. The van der Waals surface area contributed by atoms with Crippen molar-refractivity contribution in [2.24, 2.45) is 0 Å². The molecule has 2 rings (SSSR count). The number of rotatable bonds is 9. The molecule has 1 aromatic heterocycles. The number of hydrogen-bond donors (Lipinski definition) is 1. The van der Waals surface area contributed by atoms with Gasteiger partial charge in [0.1, 0.15) is 12.1 Å². The minimum absolute atomic E-state index is 0.961. The Morgan fingerprint density at radius 2 is 1.86 bits per heavy atom. The van der Waals surface area contributed by atoms with E-state index < -0.39 is 0 Å². The Balaban J connectivity index is 1.91. The van der Waals surface area contributed by atoms with Crippen molar-refractivity contribution in [2.75, 3.05) is 31.5 Å². The van der Waals surface area contributed by atoms with E-state index in [1.807, 2.05) is 0 Å². The lowest BCUT2D eigenvalue weighted by atomic mass is 10.1. The normalized spacial score (nSPS) is 11.3. The number of aromatic nitrogens is 2. The van der Waals surface area contributed by atoms with Gasteiger partial charge in [-0.2, -0.15) is 0 Å². The van der Waals surface area contributed by atoms with E-state index in [4.69, 9.17) is 0 Å². The van der Waals surface area contributed by atoms with Gasteiger partial charge in [-0.25, -0.2) is 9.97 Å². The predicted octanol–water partition coefficient (Wildman–Crippen LogP) is 3.73. The summed E-state index contributed by atoms with van der Waals surface area (Å²) in [5.41, 5.74) is 2.34. The first-order chi connectivity index (χ1) is 10.8. The summed E-state index contributed by atoms with van der Waals surface area (Å²) >= 11 is 0. The average Bonchev–Trinajstić information content (AvgIpc) is 2.57. The van der Waals surface area contributed by atoms with Crippen molar-refractivity contribution >= 4 is 16.7 Å². The summed E-state index contributed by atoms with van der Waals surface area (Å²) in [5, 5.41) is 4.61. The van der Waals surface area contributed by atoms with Gasteiger partial charge >= 0.3 is 0 Å². The number of nitrogens with zero attached hydrogens (tertiary/aromatic N) is 3. The summed E-state index contributed by atoms with van der Waals surface area (Å²) in [6, 6.07) is 6.43. The molecule has 0 fully saturated rings. The number of fused-ring (bicyclic) bond motifs is 1. The number of nitrogens with one attached hydrogen (secondary N) is 1. The molecule has 0 radical (unpaired) electrons. The van der Waals surface area contributed by atoms with Gasteiger partial charge in [-0.05, 0) is 56.6 Å². The molecule has 4 nitrogen and oxygen atoms in total. The second-order valence-corrected chi connectivity index (χ2v) is 5.59. The van der Waals surface area contributed by atoms with Gasteiger partial charge in [-0.1, -0.05) is 26.8 Å². The van der Waals surface area contributed by atoms with Crippen LogP contribution in [-0.4, -0.2) is 41.0 Å². The van der Waals surface area contributed by atoms with Gasteiger partial charge in [-0.15, -0.1) is 0 Å². The molecule has 0 spiro atoms. The molecule has 22 heavy (non-hydrogen) atoms. The lowest BCUT2D eigenvalue weighted by molar-refractivity contribution is 0.298. The first-order valence-corrected chi connectivity index (χ1v) is 8.48. The largest absolute Gasteiger partial charge is 0.369 e. The van der Waals surface area contributed by atoms with Crippen molar-refractivity contribution in [3.05, 3.63) is 30.1 Å². The lowest BCUT2D eigenvalue weighted by Gasteiger charge is -2.17. The Labute approximate surface area is 134 Å². The van der Waals surface area contributed by atoms with E-state index >= 15 is 0 Å².